The van der Waals surface area contributed by atoms with E-state index in [4.69, 9.17) is 4.74 Å². The van der Waals surface area contributed by atoms with Gasteiger partial charge < -0.3 is 10.1 Å². The van der Waals surface area contributed by atoms with Crippen molar-refractivity contribution in [3.8, 4) is 5.75 Å². The van der Waals surface area contributed by atoms with E-state index in [0.29, 0.717) is 18.7 Å². The summed E-state index contributed by atoms with van der Waals surface area (Å²) in [6, 6.07) is 11.0. The van der Waals surface area contributed by atoms with Crippen LogP contribution in [0.2, 0.25) is 0 Å². The molecule has 0 aliphatic rings. The molecule has 1 aromatic heterocycles. The molecule has 21 heavy (non-hydrogen) atoms. The van der Waals surface area contributed by atoms with Crippen molar-refractivity contribution in [3.05, 3.63) is 47.8 Å². The van der Waals surface area contributed by atoms with E-state index in [1.807, 2.05) is 35.1 Å². The number of aromatic nitrogens is 2. The van der Waals surface area contributed by atoms with Gasteiger partial charge in [-0.05, 0) is 26.0 Å². The first kappa shape index (κ1) is 15.6. The molecule has 2 aromatic rings. The molecule has 0 aliphatic carbocycles. The number of benzene rings is 1. The van der Waals surface area contributed by atoms with Crippen molar-refractivity contribution in [2.75, 3.05) is 0 Å². The molecule has 0 saturated heterocycles. The molecule has 0 atom stereocenters. The smallest absolute Gasteiger partial charge is 0.132 e. The summed E-state index contributed by atoms with van der Waals surface area (Å²) in [5.74, 6) is 0.921. The van der Waals surface area contributed by atoms with Gasteiger partial charge in [0.25, 0.3) is 0 Å². The van der Waals surface area contributed by atoms with Crippen LogP contribution in [0.15, 0.2) is 36.5 Å². The number of hydrogen-bond acceptors (Lipinski definition) is 3. The van der Waals surface area contributed by atoms with Crippen molar-refractivity contribution in [1.82, 2.24) is 15.1 Å². The molecule has 1 aromatic carbocycles. The Morgan fingerprint density at radius 2 is 1.90 bits per heavy atom. The van der Waals surface area contributed by atoms with E-state index >= 15 is 0 Å². The van der Waals surface area contributed by atoms with Crippen molar-refractivity contribution in [1.29, 1.82) is 0 Å². The van der Waals surface area contributed by atoms with E-state index in [-0.39, 0.29) is 0 Å². The highest BCUT2D eigenvalue weighted by Crippen LogP contribution is 2.19. The van der Waals surface area contributed by atoms with Crippen molar-refractivity contribution in [3.63, 3.8) is 0 Å². The van der Waals surface area contributed by atoms with Crippen LogP contribution in [-0.2, 0) is 13.2 Å². The highest BCUT2D eigenvalue weighted by Gasteiger charge is 2.06. The molecule has 0 fully saturated rings. The Bertz CT molecular complexity index is 561. The average Bonchev–Trinajstić information content (AvgIpc) is 2.93. The monoisotopic (exact) mass is 287 g/mol. The zero-order chi connectivity index (χ0) is 15.2. The van der Waals surface area contributed by atoms with Gasteiger partial charge in [0.1, 0.15) is 12.4 Å². The quantitative estimate of drug-likeness (QED) is 0.846. The maximum Gasteiger partial charge on any atom is 0.132 e. The van der Waals surface area contributed by atoms with Crippen LogP contribution in [0, 0.1) is 0 Å². The Kier molecular flexibility index (Phi) is 5.39. The van der Waals surface area contributed by atoms with Gasteiger partial charge in [-0.3, -0.25) is 4.68 Å². The summed E-state index contributed by atoms with van der Waals surface area (Å²) < 4.78 is 7.88. The summed E-state index contributed by atoms with van der Waals surface area (Å²) in [6.45, 7) is 9.83. The maximum absolute atomic E-state index is 5.93. The SMILES string of the molecule is CC(C)NCc1ccccc1OCc1ccn(C(C)C)n1. The van der Waals surface area contributed by atoms with Crippen LogP contribution in [0.4, 0.5) is 0 Å². The van der Waals surface area contributed by atoms with E-state index in [1.54, 1.807) is 0 Å². The van der Waals surface area contributed by atoms with E-state index in [2.05, 4.69) is 44.2 Å². The van der Waals surface area contributed by atoms with Gasteiger partial charge in [-0.2, -0.15) is 5.10 Å². The Hall–Kier alpha value is -1.81. The van der Waals surface area contributed by atoms with Crippen molar-refractivity contribution in [2.45, 2.75) is 52.9 Å². The van der Waals surface area contributed by atoms with Crippen LogP contribution in [-0.4, -0.2) is 15.8 Å². The second kappa shape index (κ2) is 7.27. The second-order valence-corrected chi connectivity index (χ2v) is 5.81. The number of rotatable bonds is 7. The third kappa shape index (κ3) is 4.60. The first-order chi connectivity index (χ1) is 10.1. The summed E-state index contributed by atoms with van der Waals surface area (Å²) in [6.07, 6.45) is 2.00. The maximum atomic E-state index is 5.93. The molecule has 4 heteroatoms. The number of nitrogens with one attached hydrogen (secondary N) is 1. The van der Waals surface area contributed by atoms with Crippen LogP contribution in [0.25, 0.3) is 0 Å². The molecule has 0 saturated carbocycles. The Balaban J connectivity index is 1.98. The normalized spacial score (nSPS) is 11.3. The largest absolute Gasteiger partial charge is 0.487 e. The van der Waals surface area contributed by atoms with Gasteiger partial charge in [-0.25, -0.2) is 0 Å². The summed E-state index contributed by atoms with van der Waals surface area (Å²) >= 11 is 0. The second-order valence-electron chi connectivity index (χ2n) is 5.81. The Morgan fingerprint density at radius 1 is 1.14 bits per heavy atom. The molecule has 0 aliphatic heterocycles. The fourth-order valence-corrected chi connectivity index (χ4v) is 2.00. The number of hydrogen-bond donors (Lipinski definition) is 1. The lowest BCUT2D eigenvalue weighted by atomic mass is 10.2. The minimum absolute atomic E-state index is 0.376. The van der Waals surface area contributed by atoms with E-state index in [9.17, 15) is 0 Å². The van der Waals surface area contributed by atoms with Crippen molar-refractivity contribution >= 4 is 0 Å². The van der Waals surface area contributed by atoms with E-state index < -0.39 is 0 Å². The molecular weight excluding hydrogens is 262 g/mol. The van der Waals surface area contributed by atoms with Crippen LogP contribution in [0.1, 0.15) is 45.0 Å². The third-order valence-corrected chi connectivity index (χ3v) is 3.24. The van der Waals surface area contributed by atoms with Crippen LogP contribution < -0.4 is 10.1 Å². The molecule has 1 N–H and O–H groups in total. The molecule has 0 radical (unpaired) electrons. The van der Waals surface area contributed by atoms with Gasteiger partial charge in [0.05, 0.1) is 5.69 Å². The number of ether oxygens (including phenoxy) is 1. The molecule has 0 unspecified atom stereocenters. The van der Waals surface area contributed by atoms with Crippen molar-refractivity contribution in [2.24, 2.45) is 0 Å². The third-order valence-electron chi connectivity index (χ3n) is 3.24. The molecule has 1 heterocycles. The summed E-state index contributed by atoms with van der Waals surface area (Å²) in [4.78, 5) is 0. The van der Waals surface area contributed by atoms with E-state index in [0.717, 1.165) is 18.0 Å². The standard InChI is InChI=1S/C17H25N3O/c1-13(2)18-11-15-7-5-6-8-17(15)21-12-16-9-10-20(19-16)14(3)4/h5-10,13-14,18H,11-12H2,1-4H3. The molecule has 114 valence electrons. The topological polar surface area (TPSA) is 39.1 Å². The first-order valence-electron chi connectivity index (χ1n) is 7.54. The lowest BCUT2D eigenvalue weighted by Gasteiger charge is -2.13. The van der Waals surface area contributed by atoms with Crippen molar-refractivity contribution < 1.29 is 4.74 Å². The predicted octanol–water partition coefficient (Wildman–Crippen LogP) is 3.54. The number of para-hydroxylation sites is 1. The van der Waals surface area contributed by atoms with Crippen LogP contribution >= 0.6 is 0 Å². The summed E-state index contributed by atoms with van der Waals surface area (Å²) in [5, 5.41) is 7.92. The highest BCUT2D eigenvalue weighted by atomic mass is 16.5. The minimum Gasteiger partial charge on any atom is -0.487 e. The lowest BCUT2D eigenvalue weighted by Crippen LogP contribution is -2.22. The van der Waals surface area contributed by atoms with Crippen LogP contribution in [0.3, 0.4) is 0 Å². The van der Waals surface area contributed by atoms with Crippen LogP contribution in [0.5, 0.6) is 5.75 Å². The Labute approximate surface area is 127 Å². The molecule has 0 bridgehead atoms. The number of nitrogens with zero attached hydrogens (tertiary/aromatic N) is 2. The zero-order valence-electron chi connectivity index (χ0n) is 13.3. The van der Waals surface area contributed by atoms with Gasteiger partial charge in [0.15, 0.2) is 0 Å². The van der Waals surface area contributed by atoms with Gasteiger partial charge in [0.2, 0.25) is 0 Å². The van der Waals surface area contributed by atoms with E-state index in [1.165, 1.54) is 5.56 Å². The average molecular weight is 287 g/mol. The predicted molar refractivity (Wildman–Crippen MR) is 85.4 cm³/mol. The molecule has 0 amide bonds. The lowest BCUT2D eigenvalue weighted by molar-refractivity contribution is 0.294. The zero-order valence-corrected chi connectivity index (χ0v) is 13.3. The molecule has 4 nitrogen and oxygen atoms in total. The summed E-state index contributed by atoms with van der Waals surface area (Å²) in [5.41, 5.74) is 2.13. The first-order valence-corrected chi connectivity index (χ1v) is 7.54. The minimum atomic E-state index is 0.376. The fraction of sp³-hybridized carbons (Fsp3) is 0.471. The van der Waals surface area contributed by atoms with Gasteiger partial charge in [0, 0.05) is 30.4 Å². The highest BCUT2D eigenvalue weighted by molar-refractivity contribution is 5.33. The van der Waals surface area contributed by atoms with Gasteiger partial charge >= 0.3 is 0 Å². The fourth-order valence-electron chi connectivity index (χ4n) is 2.00. The van der Waals surface area contributed by atoms with Gasteiger partial charge in [-0.1, -0.05) is 32.0 Å². The molecule has 0 spiro atoms. The Morgan fingerprint density at radius 3 is 2.57 bits per heavy atom. The molecule has 2 rings (SSSR count). The molecular formula is C17H25N3O. The summed E-state index contributed by atoms with van der Waals surface area (Å²) in [7, 11) is 0. The van der Waals surface area contributed by atoms with Gasteiger partial charge in [-0.15, -0.1) is 0 Å².